The summed E-state index contributed by atoms with van der Waals surface area (Å²) in [6, 6.07) is 8.84. The first kappa shape index (κ1) is 18.2. The van der Waals surface area contributed by atoms with Crippen LogP contribution in [0.15, 0.2) is 42.9 Å². The maximum absolute atomic E-state index is 13.3. The van der Waals surface area contributed by atoms with Crippen LogP contribution in [-0.2, 0) is 11.3 Å². The molecule has 5 heteroatoms. The van der Waals surface area contributed by atoms with E-state index in [0.29, 0.717) is 24.3 Å². The number of amides is 1. The fourth-order valence-electron chi connectivity index (χ4n) is 4.58. The smallest absolute Gasteiger partial charge is 0.223 e. The standard InChI is InChI=1S/C22H30N4O/c1-17(2)24-11-7-18(8-12-24)15-21(27)26-14-13-25-10-4-6-20(25)22(26)19-5-3-9-23-16-19/h3-6,9-10,16-18,22H,7-8,11-15H2,1-2H3/t22-/m0/s1. The van der Waals surface area contributed by atoms with E-state index in [1.807, 2.05) is 12.3 Å². The normalized spacial score (nSPS) is 21.4. The highest BCUT2D eigenvalue weighted by atomic mass is 16.2. The summed E-state index contributed by atoms with van der Waals surface area (Å²) in [5.41, 5.74) is 2.29. The first-order chi connectivity index (χ1) is 13.1. The zero-order valence-corrected chi connectivity index (χ0v) is 16.4. The number of rotatable bonds is 4. The molecule has 2 aromatic rings. The van der Waals surface area contributed by atoms with Gasteiger partial charge in [0, 0.05) is 49.8 Å². The number of fused-ring (bicyclic) bond motifs is 1. The molecule has 2 aliphatic heterocycles. The van der Waals surface area contributed by atoms with Gasteiger partial charge in [-0.15, -0.1) is 0 Å². The lowest BCUT2D eigenvalue weighted by Crippen LogP contribution is -2.44. The second kappa shape index (κ2) is 7.85. The molecule has 1 fully saturated rings. The highest BCUT2D eigenvalue weighted by Gasteiger charge is 2.33. The van der Waals surface area contributed by atoms with Crippen molar-refractivity contribution in [3.63, 3.8) is 0 Å². The van der Waals surface area contributed by atoms with Gasteiger partial charge in [-0.2, -0.15) is 0 Å². The molecule has 5 nitrogen and oxygen atoms in total. The number of carbonyl (C=O) groups is 1. The second-order valence-electron chi connectivity index (χ2n) is 8.18. The number of hydrogen-bond acceptors (Lipinski definition) is 3. The van der Waals surface area contributed by atoms with Crippen LogP contribution in [0.2, 0.25) is 0 Å². The van der Waals surface area contributed by atoms with Crippen LogP contribution in [0.5, 0.6) is 0 Å². The van der Waals surface area contributed by atoms with Crippen molar-refractivity contribution in [1.29, 1.82) is 0 Å². The Morgan fingerprint density at radius 1 is 1.15 bits per heavy atom. The fourth-order valence-corrected chi connectivity index (χ4v) is 4.58. The third-order valence-electron chi connectivity index (χ3n) is 6.20. The summed E-state index contributed by atoms with van der Waals surface area (Å²) in [4.78, 5) is 22.2. The van der Waals surface area contributed by atoms with Crippen molar-refractivity contribution in [3.05, 3.63) is 54.1 Å². The Kier molecular flexibility index (Phi) is 5.30. The minimum Gasteiger partial charge on any atom is -0.348 e. The van der Waals surface area contributed by atoms with Gasteiger partial charge in [0.15, 0.2) is 0 Å². The lowest BCUT2D eigenvalue weighted by atomic mass is 9.91. The number of carbonyl (C=O) groups excluding carboxylic acids is 1. The van der Waals surface area contributed by atoms with Crippen molar-refractivity contribution in [2.24, 2.45) is 5.92 Å². The maximum Gasteiger partial charge on any atom is 0.223 e. The van der Waals surface area contributed by atoms with Gasteiger partial charge in [-0.1, -0.05) is 6.07 Å². The van der Waals surface area contributed by atoms with Crippen molar-refractivity contribution in [2.75, 3.05) is 19.6 Å². The van der Waals surface area contributed by atoms with E-state index in [4.69, 9.17) is 0 Å². The molecule has 0 N–H and O–H groups in total. The van der Waals surface area contributed by atoms with E-state index in [1.54, 1.807) is 6.20 Å². The molecule has 1 atom stereocenters. The molecular weight excluding hydrogens is 336 g/mol. The van der Waals surface area contributed by atoms with Crippen LogP contribution in [0.25, 0.3) is 0 Å². The van der Waals surface area contributed by atoms with Crippen molar-refractivity contribution in [2.45, 2.75) is 51.7 Å². The van der Waals surface area contributed by atoms with Gasteiger partial charge in [0.2, 0.25) is 5.91 Å². The molecule has 0 aromatic carbocycles. The first-order valence-electron chi connectivity index (χ1n) is 10.2. The summed E-state index contributed by atoms with van der Waals surface area (Å²) >= 11 is 0. The number of nitrogens with zero attached hydrogens (tertiary/aromatic N) is 4. The van der Waals surface area contributed by atoms with Gasteiger partial charge in [0.25, 0.3) is 0 Å². The van der Waals surface area contributed by atoms with Gasteiger partial charge in [0.05, 0.1) is 6.04 Å². The predicted molar refractivity (Wildman–Crippen MR) is 106 cm³/mol. The maximum atomic E-state index is 13.3. The van der Waals surface area contributed by atoms with Crippen LogP contribution >= 0.6 is 0 Å². The molecule has 27 heavy (non-hydrogen) atoms. The minimum atomic E-state index is -0.0225. The van der Waals surface area contributed by atoms with Gasteiger partial charge in [-0.25, -0.2) is 0 Å². The summed E-state index contributed by atoms with van der Waals surface area (Å²) in [7, 11) is 0. The average molecular weight is 367 g/mol. The summed E-state index contributed by atoms with van der Waals surface area (Å²) in [6.45, 7) is 8.39. The molecule has 0 spiro atoms. The van der Waals surface area contributed by atoms with Crippen molar-refractivity contribution < 1.29 is 4.79 Å². The number of pyridine rings is 1. The van der Waals surface area contributed by atoms with Gasteiger partial charge in [0.1, 0.15) is 0 Å². The third-order valence-corrected chi connectivity index (χ3v) is 6.20. The number of likely N-dealkylation sites (tertiary alicyclic amines) is 1. The van der Waals surface area contributed by atoms with Crippen LogP contribution in [0.1, 0.15) is 50.4 Å². The average Bonchev–Trinajstić information content (AvgIpc) is 3.17. The van der Waals surface area contributed by atoms with E-state index in [1.165, 1.54) is 5.69 Å². The summed E-state index contributed by atoms with van der Waals surface area (Å²) in [6.07, 6.45) is 8.73. The molecule has 0 saturated carbocycles. The number of hydrogen-bond donors (Lipinski definition) is 0. The van der Waals surface area contributed by atoms with Crippen LogP contribution in [0.3, 0.4) is 0 Å². The van der Waals surface area contributed by atoms with E-state index in [9.17, 15) is 4.79 Å². The minimum absolute atomic E-state index is 0.0225. The van der Waals surface area contributed by atoms with Crippen molar-refractivity contribution in [3.8, 4) is 0 Å². The summed E-state index contributed by atoms with van der Waals surface area (Å²) in [5, 5.41) is 0. The van der Waals surface area contributed by atoms with E-state index in [-0.39, 0.29) is 6.04 Å². The van der Waals surface area contributed by atoms with E-state index in [2.05, 4.69) is 57.6 Å². The molecule has 4 rings (SSSR count). The van der Waals surface area contributed by atoms with Gasteiger partial charge in [-0.3, -0.25) is 9.78 Å². The van der Waals surface area contributed by atoms with Gasteiger partial charge >= 0.3 is 0 Å². The van der Waals surface area contributed by atoms with Gasteiger partial charge in [-0.05, 0) is 69.5 Å². The fraction of sp³-hybridized carbons (Fsp3) is 0.545. The quantitative estimate of drug-likeness (QED) is 0.833. The zero-order valence-electron chi connectivity index (χ0n) is 16.4. The lowest BCUT2D eigenvalue weighted by molar-refractivity contribution is -0.135. The molecule has 1 saturated heterocycles. The second-order valence-corrected chi connectivity index (χ2v) is 8.18. The molecule has 4 heterocycles. The Hall–Kier alpha value is -2.14. The van der Waals surface area contributed by atoms with Crippen molar-refractivity contribution >= 4 is 5.91 Å². The Morgan fingerprint density at radius 2 is 1.96 bits per heavy atom. The van der Waals surface area contributed by atoms with Crippen LogP contribution in [0.4, 0.5) is 0 Å². The molecule has 0 radical (unpaired) electrons. The SMILES string of the molecule is CC(C)N1CCC(CC(=O)N2CCn3cccc3[C@@H]2c2cccnc2)CC1. The Balaban J connectivity index is 1.49. The van der Waals surface area contributed by atoms with Crippen molar-refractivity contribution in [1.82, 2.24) is 19.4 Å². The molecule has 1 amide bonds. The Morgan fingerprint density at radius 3 is 2.67 bits per heavy atom. The van der Waals surface area contributed by atoms with Crippen LogP contribution in [-0.4, -0.2) is 50.9 Å². The summed E-state index contributed by atoms with van der Waals surface area (Å²) < 4.78 is 2.27. The molecule has 0 unspecified atom stereocenters. The molecular formula is C22H30N4O. The largest absolute Gasteiger partial charge is 0.348 e. The van der Waals surface area contributed by atoms with E-state index < -0.39 is 0 Å². The molecule has 0 bridgehead atoms. The molecule has 144 valence electrons. The Labute approximate surface area is 162 Å². The third kappa shape index (κ3) is 3.79. The number of piperidine rings is 1. The molecule has 0 aliphatic carbocycles. The van der Waals surface area contributed by atoms with Crippen LogP contribution < -0.4 is 0 Å². The summed E-state index contributed by atoms with van der Waals surface area (Å²) in [5.74, 6) is 0.801. The van der Waals surface area contributed by atoms with Crippen LogP contribution in [0, 0.1) is 5.92 Å². The topological polar surface area (TPSA) is 41.4 Å². The lowest BCUT2D eigenvalue weighted by Gasteiger charge is -2.39. The molecule has 2 aliphatic rings. The van der Waals surface area contributed by atoms with Gasteiger partial charge < -0.3 is 14.4 Å². The number of aromatic nitrogens is 2. The van der Waals surface area contributed by atoms with E-state index in [0.717, 1.165) is 44.6 Å². The highest BCUT2D eigenvalue weighted by Crippen LogP contribution is 2.33. The monoisotopic (exact) mass is 366 g/mol. The Bertz CT molecular complexity index is 762. The first-order valence-corrected chi connectivity index (χ1v) is 10.2. The predicted octanol–water partition coefficient (Wildman–Crippen LogP) is 3.33. The highest BCUT2D eigenvalue weighted by molar-refractivity contribution is 5.77. The molecule has 2 aromatic heterocycles. The van der Waals surface area contributed by atoms with E-state index >= 15 is 0 Å². The zero-order chi connectivity index (χ0) is 18.8.